The number of nitrogens with one attached hydrogen (secondary N) is 1. The molecule has 0 spiro atoms. The first-order chi connectivity index (χ1) is 11.3. The Morgan fingerprint density at radius 1 is 1.04 bits per heavy atom. The second-order valence-corrected chi connectivity index (χ2v) is 6.00. The lowest BCUT2D eigenvalue weighted by atomic mass is 10.1. The SMILES string of the molecule is Nc1cc2c(C=Cc3ccccc3)n[nH]c2cc1N1CCCC1. The van der Waals surface area contributed by atoms with Gasteiger partial charge in [-0.05, 0) is 36.6 Å². The van der Waals surface area contributed by atoms with E-state index in [1.807, 2.05) is 30.3 Å². The molecule has 4 rings (SSSR count). The minimum Gasteiger partial charge on any atom is -0.397 e. The van der Waals surface area contributed by atoms with Crippen LogP contribution < -0.4 is 10.6 Å². The van der Waals surface area contributed by atoms with E-state index in [-0.39, 0.29) is 0 Å². The van der Waals surface area contributed by atoms with Gasteiger partial charge in [-0.15, -0.1) is 0 Å². The van der Waals surface area contributed by atoms with E-state index in [2.05, 4.69) is 39.4 Å². The third-order valence-corrected chi connectivity index (χ3v) is 4.42. The molecule has 116 valence electrons. The fourth-order valence-electron chi connectivity index (χ4n) is 3.19. The minimum absolute atomic E-state index is 0.829. The van der Waals surface area contributed by atoms with Crippen LogP contribution in [-0.2, 0) is 0 Å². The average Bonchev–Trinajstić information content (AvgIpc) is 3.23. The van der Waals surface area contributed by atoms with Gasteiger partial charge in [0.2, 0.25) is 0 Å². The van der Waals surface area contributed by atoms with Gasteiger partial charge in [-0.2, -0.15) is 5.10 Å². The number of hydrogen-bond acceptors (Lipinski definition) is 3. The highest BCUT2D eigenvalue weighted by molar-refractivity contribution is 5.95. The molecule has 3 N–H and O–H groups in total. The lowest BCUT2D eigenvalue weighted by molar-refractivity contribution is 0.949. The van der Waals surface area contributed by atoms with Crippen molar-refractivity contribution in [3.8, 4) is 0 Å². The zero-order chi connectivity index (χ0) is 15.6. The maximum absolute atomic E-state index is 6.29. The molecule has 1 aliphatic rings. The smallest absolute Gasteiger partial charge is 0.0928 e. The summed E-state index contributed by atoms with van der Waals surface area (Å²) in [7, 11) is 0. The summed E-state index contributed by atoms with van der Waals surface area (Å²) in [5, 5.41) is 8.63. The van der Waals surface area contributed by atoms with Crippen LogP contribution in [-0.4, -0.2) is 23.3 Å². The summed E-state index contributed by atoms with van der Waals surface area (Å²) in [5.41, 5.74) is 11.4. The number of nitrogens with two attached hydrogens (primary N) is 1. The van der Waals surface area contributed by atoms with E-state index < -0.39 is 0 Å². The topological polar surface area (TPSA) is 57.9 Å². The van der Waals surface area contributed by atoms with E-state index in [1.54, 1.807) is 0 Å². The summed E-state index contributed by atoms with van der Waals surface area (Å²) < 4.78 is 0. The van der Waals surface area contributed by atoms with Gasteiger partial charge in [0.15, 0.2) is 0 Å². The Morgan fingerprint density at radius 2 is 1.83 bits per heavy atom. The summed E-state index contributed by atoms with van der Waals surface area (Å²) in [6.45, 7) is 2.18. The Kier molecular flexibility index (Phi) is 3.50. The molecule has 0 unspecified atom stereocenters. The van der Waals surface area contributed by atoms with Crippen LogP contribution in [0.2, 0.25) is 0 Å². The Labute approximate surface area is 135 Å². The highest BCUT2D eigenvalue weighted by Crippen LogP contribution is 2.32. The highest BCUT2D eigenvalue weighted by Gasteiger charge is 2.16. The number of aromatic amines is 1. The van der Waals surface area contributed by atoms with Crippen molar-refractivity contribution in [2.45, 2.75) is 12.8 Å². The number of aromatic nitrogens is 2. The van der Waals surface area contributed by atoms with Gasteiger partial charge in [0.05, 0.1) is 22.6 Å². The van der Waals surface area contributed by atoms with E-state index in [0.717, 1.165) is 46.6 Å². The van der Waals surface area contributed by atoms with Crippen LogP contribution in [0.4, 0.5) is 11.4 Å². The molecule has 0 amide bonds. The van der Waals surface area contributed by atoms with Crippen LogP contribution in [0.15, 0.2) is 42.5 Å². The van der Waals surface area contributed by atoms with Crippen molar-refractivity contribution < 1.29 is 0 Å². The first kappa shape index (κ1) is 13.9. The predicted octanol–water partition coefficient (Wildman–Crippen LogP) is 3.92. The van der Waals surface area contributed by atoms with Crippen molar-refractivity contribution in [3.05, 3.63) is 53.7 Å². The fraction of sp³-hybridized carbons (Fsp3) is 0.211. The predicted molar refractivity (Wildman–Crippen MR) is 97.3 cm³/mol. The van der Waals surface area contributed by atoms with Gasteiger partial charge in [0.25, 0.3) is 0 Å². The second kappa shape index (κ2) is 5.80. The molecule has 1 aliphatic heterocycles. The third kappa shape index (κ3) is 2.68. The van der Waals surface area contributed by atoms with Crippen molar-refractivity contribution >= 4 is 34.4 Å². The third-order valence-electron chi connectivity index (χ3n) is 4.42. The molecule has 0 saturated carbocycles. The summed E-state index contributed by atoms with van der Waals surface area (Å²) in [5.74, 6) is 0. The number of nitrogen functional groups attached to an aromatic ring is 1. The standard InChI is InChI=1S/C19H20N4/c20-16-12-15-17(9-8-14-6-2-1-3-7-14)21-22-18(15)13-19(16)23-10-4-5-11-23/h1-3,6-9,12-13H,4-5,10-11,20H2,(H,21,22). The normalized spacial score (nSPS) is 15.0. The number of hydrogen-bond donors (Lipinski definition) is 2. The van der Waals surface area contributed by atoms with E-state index in [9.17, 15) is 0 Å². The molecule has 4 nitrogen and oxygen atoms in total. The van der Waals surface area contributed by atoms with Gasteiger partial charge >= 0.3 is 0 Å². The van der Waals surface area contributed by atoms with E-state index >= 15 is 0 Å². The molecule has 4 heteroatoms. The molecule has 3 aromatic rings. The Balaban J connectivity index is 1.69. The van der Waals surface area contributed by atoms with Crippen LogP contribution in [0.3, 0.4) is 0 Å². The summed E-state index contributed by atoms with van der Waals surface area (Å²) in [6, 6.07) is 14.4. The van der Waals surface area contributed by atoms with E-state index in [1.165, 1.54) is 12.8 Å². The largest absolute Gasteiger partial charge is 0.397 e. The van der Waals surface area contributed by atoms with Gasteiger partial charge in [-0.3, -0.25) is 5.10 Å². The molecule has 1 fully saturated rings. The molecule has 23 heavy (non-hydrogen) atoms. The molecular weight excluding hydrogens is 284 g/mol. The Bertz CT molecular complexity index is 842. The van der Waals surface area contributed by atoms with E-state index in [0.29, 0.717) is 0 Å². The van der Waals surface area contributed by atoms with Crippen molar-refractivity contribution in [1.29, 1.82) is 0 Å². The van der Waals surface area contributed by atoms with Crippen LogP contribution >= 0.6 is 0 Å². The Morgan fingerprint density at radius 3 is 2.61 bits per heavy atom. The minimum atomic E-state index is 0.829. The van der Waals surface area contributed by atoms with Crippen LogP contribution in [0.1, 0.15) is 24.1 Å². The first-order valence-corrected chi connectivity index (χ1v) is 8.07. The number of nitrogens with zero attached hydrogens (tertiary/aromatic N) is 2. The van der Waals surface area contributed by atoms with Crippen LogP contribution in [0, 0.1) is 0 Å². The van der Waals surface area contributed by atoms with Gasteiger partial charge < -0.3 is 10.6 Å². The van der Waals surface area contributed by atoms with Crippen molar-refractivity contribution in [3.63, 3.8) is 0 Å². The number of H-pyrrole nitrogens is 1. The molecule has 1 saturated heterocycles. The number of rotatable bonds is 3. The highest BCUT2D eigenvalue weighted by atomic mass is 15.2. The summed E-state index contributed by atoms with van der Waals surface area (Å²) in [6.07, 6.45) is 6.58. The lowest BCUT2D eigenvalue weighted by Crippen LogP contribution is -2.18. The fourth-order valence-corrected chi connectivity index (χ4v) is 3.19. The molecule has 0 radical (unpaired) electrons. The molecule has 1 aromatic heterocycles. The molecule has 0 aliphatic carbocycles. The quantitative estimate of drug-likeness (QED) is 0.721. The second-order valence-electron chi connectivity index (χ2n) is 6.00. The molecular formula is C19H20N4. The molecule has 2 heterocycles. The maximum atomic E-state index is 6.29. The average molecular weight is 304 g/mol. The molecule has 0 atom stereocenters. The van der Waals surface area contributed by atoms with Gasteiger partial charge in [-0.1, -0.05) is 36.4 Å². The van der Waals surface area contributed by atoms with Crippen molar-refractivity contribution in [2.24, 2.45) is 0 Å². The zero-order valence-corrected chi connectivity index (χ0v) is 13.0. The number of anilines is 2. The summed E-state index contributed by atoms with van der Waals surface area (Å²) in [4.78, 5) is 2.36. The Hall–Kier alpha value is -2.75. The number of benzene rings is 2. The first-order valence-electron chi connectivity index (χ1n) is 8.07. The van der Waals surface area contributed by atoms with Crippen LogP contribution in [0.5, 0.6) is 0 Å². The monoisotopic (exact) mass is 304 g/mol. The van der Waals surface area contributed by atoms with Crippen LogP contribution in [0.25, 0.3) is 23.1 Å². The maximum Gasteiger partial charge on any atom is 0.0928 e. The lowest BCUT2D eigenvalue weighted by Gasteiger charge is -2.19. The van der Waals surface area contributed by atoms with Gasteiger partial charge in [0, 0.05) is 18.5 Å². The number of fused-ring (bicyclic) bond motifs is 1. The molecule has 2 aromatic carbocycles. The zero-order valence-electron chi connectivity index (χ0n) is 13.0. The summed E-state index contributed by atoms with van der Waals surface area (Å²) >= 11 is 0. The van der Waals surface area contributed by atoms with Crippen molar-refractivity contribution in [1.82, 2.24) is 10.2 Å². The molecule has 0 bridgehead atoms. The van der Waals surface area contributed by atoms with Crippen molar-refractivity contribution in [2.75, 3.05) is 23.7 Å². The van der Waals surface area contributed by atoms with Gasteiger partial charge in [0.1, 0.15) is 0 Å². The van der Waals surface area contributed by atoms with E-state index in [4.69, 9.17) is 5.73 Å². The van der Waals surface area contributed by atoms with Gasteiger partial charge in [-0.25, -0.2) is 0 Å².